The quantitative estimate of drug-likeness (QED) is 0.748. The van der Waals surface area contributed by atoms with Crippen molar-refractivity contribution in [1.29, 1.82) is 0 Å². The SMILES string of the molecule is C[C@@H](NC(=O)COC(=O)COc1ccc(F)cc1)c1ccc2c(c1)OCO2. The molecule has 1 N–H and O–H groups in total. The fourth-order valence-corrected chi connectivity index (χ4v) is 2.41. The Kier molecular flexibility index (Phi) is 5.75. The van der Waals surface area contributed by atoms with Gasteiger partial charge in [-0.2, -0.15) is 0 Å². The van der Waals surface area contributed by atoms with Crippen molar-refractivity contribution >= 4 is 11.9 Å². The molecule has 0 saturated heterocycles. The summed E-state index contributed by atoms with van der Waals surface area (Å²) in [5.41, 5.74) is 0.832. The third-order valence-corrected chi connectivity index (χ3v) is 3.81. The smallest absolute Gasteiger partial charge is 0.344 e. The highest BCUT2D eigenvalue weighted by molar-refractivity contribution is 5.81. The molecule has 2 aromatic rings. The van der Waals surface area contributed by atoms with E-state index in [2.05, 4.69) is 5.32 Å². The van der Waals surface area contributed by atoms with Crippen molar-refractivity contribution in [3.05, 3.63) is 53.8 Å². The summed E-state index contributed by atoms with van der Waals surface area (Å²) in [7, 11) is 0. The van der Waals surface area contributed by atoms with E-state index in [0.29, 0.717) is 17.2 Å². The Balaban J connectivity index is 1.41. The van der Waals surface area contributed by atoms with Gasteiger partial charge < -0.3 is 24.3 Å². The number of carbonyl (C=O) groups is 2. The molecule has 0 saturated carbocycles. The number of carbonyl (C=O) groups excluding carboxylic acids is 2. The summed E-state index contributed by atoms with van der Waals surface area (Å²) in [5.74, 6) is 0.0539. The van der Waals surface area contributed by atoms with Gasteiger partial charge in [-0.1, -0.05) is 6.07 Å². The minimum Gasteiger partial charge on any atom is -0.482 e. The first kappa shape index (κ1) is 18.5. The van der Waals surface area contributed by atoms with Gasteiger partial charge in [0.05, 0.1) is 6.04 Å². The standard InChI is InChI=1S/C19H18FNO6/c1-12(13-2-7-16-17(8-13)27-11-26-16)21-18(22)9-25-19(23)10-24-15-5-3-14(20)4-6-15/h2-8,12H,9-11H2,1H3,(H,21,22)/t12-/m1/s1. The molecule has 0 fully saturated rings. The van der Waals surface area contributed by atoms with Crippen LogP contribution in [0.3, 0.4) is 0 Å². The topological polar surface area (TPSA) is 83.1 Å². The van der Waals surface area contributed by atoms with E-state index in [4.69, 9.17) is 18.9 Å². The molecule has 2 aromatic carbocycles. The minimum absolute atomic E-state index is 0.176. The number of fused-ring (bicyclic) bond motifs is 1. The van der Waals surface area contributed by atoms with Crippen LogP contribution in [0.5, 0.6) is 17.2 Å². The van der Waals surface area contributed by atoms with Gasteiger partial charge in [0.25, 0.3) is 5.91 Å². The molecule has 0 aromatic heterocycles. The molecule has 0 aliphatic carbocycles. The van der Waals surface area contributed by atoms with Crippen LogP contribution in [-0.2, 0) is 14.3 Å². The summed E-state index contributed by atoms with van der Waals surface area (Å²) < 4.78 is 33.3. The van der Waals surface area contributed by atoms with E-state index < -0.39 is 24.3 Å². The van der Waals surface area contributed by atoms with Crippen molar-refractivity contribution in [2.24, 2.45) is 0 Å². The second-order valence-electron chi connectivity index (χ2n) is 5.81. The van der Waals surface area contributed by atoms with Crippen molar-refractivity contribution in [3.8, 4) is 17.2 Å². The zero-order valence-corrected chi connectivity index (χ0v) is 14.6. The zero-order valence-electron chi connectivity index (χ0n) is 14.6. The molecule has 1 atom stereocenters. The molecule has 27 heavy (non-hydrogen) atoms. The summed E-state index contributed by atoms with van der Waals surface area (Å²) in [6.07, 6.45) is 0. The Morgan fingerprint density at radius 1 is 1.11 bits per heavy atom. The largest absolute Gasteiger partial charge is 0.482 e. The average Bonchev–Trinajstić information content (AvgIpc) is 3.13. The third-order valence-electron chi connectivity index (χ3n) is 3.81. The monoisotopic (exact) mass is 375 g/mol. The summed E-state index contributed by atoms with van der Waals surface area (Å²) in [5, 5.41) is 2.73. The highest BCUT2D eigenvalue weighted by Gasteiger charge is 2.17. The number of esters is 1. The lowest BCUT2D eigenvalue weighted by Gasteiger charge is -2.15. The lowest BCUT2D eigenvalue weighted by molar-refractivity contribution is -0.150. The van der Waals surface area contributed by atoms with Gasteiger partial charge in [-0.3, -0.25) is 4.79 Å². The first-order valence-electron chi connectivity index (χ1n) is 8.24. The number of ether oxygens (including phenoxy) is 4. The van der Waals surface area contributed by atoms with E-state index in [1.165, 1.54) is 24.3 Å². The molecule has 7 nitrogen and oxygen atoms in total. The summed E-state index contributed by atoms with van der Waals surface area (Å²) in [6.45, 7) is 1.17. The second-order valence-corrected chi connectivity index (χ2v) is 5.81. The first-order chi connectivity index (χ1) is 13.0. The van der Waals surface area contributed by atoms with E-state index in [1.807, 2.05) is 6.07 Å². The lowest BCUT2D eigenvalue weighted by atomic mass is 10.1. The Morgan fingerprint density at radius 2 is 1.85 bits per heavy atom. The van der Waals surface area contributed by atoms with E-state index in [-0.39, 0.29) is 19.4 Å². The molecule has 1 aliphatic heterocycles. The van der Waals surface area contributed by atoms with Crippen LogP contribution in [0.4, 0.5) is 4.39 Å². The van der Waals surface area contributed by atoms with Crippen LogP contribution in [-0.4, -0.2) is 31.9 Å². The first-order valence-corrected chi connectivity index (χ1v) is 8.24. The van der Waals surface area contributed by atoms with E-state index >= 15 is 0 Å². The van der Waals surface area contributed by atoms with Crippen molar-refractivity contribution < 1.29 is 32.9 Å². The van der Waals surface area contributed by atoms with Crippen molar-refractivity contribution in [3.63, 3.8) is 0 Å². The van der Waals surface area contributed by atoms with Crippen LogP contribution in [0.2, 0.25) is 0 Å². The van der Waals surface area contributed by atoms with Crippen molar-refractivity contribution in [2.75, 3.05) is 20.0 Å². The summed E-state index contributed by atoms with van der Waals surface area (Å²) in [4.78, 5) is 23.6. The van der Waals surface area contributed by atoms with Crippen LogP contribution in [0.1, 0.15) is 18.5 Å². The Labute approximate surface area is 155 Å². The van der Waals surface area contributed by atoms with Gasteiger partial charge >= 0.3 is 5.97 Å². The molecule has 0 unspecified atom stereocenters. The van der Waals surface area contributed by atoms with Crippen molar-refractivity contribution in [1.82, 2.24) is 5.32 Å². The number of rotatable bonds is 7. The van der Waals surface area contributed by atoms with Crippen LogP contribution in [0.25, 0.3) is 0 Å². The number of amides is 1. The molecule has 0 bridgehead atoms. The predicted octanol–water partition coefficient (Wildman–Crippen LogP) is 2.35. The summed E-state index contributed by atoms with van der Waals surface area (Å²) >= 11 is 0. The van der Waals surface area contributed by atoms with E-state index in [0.717, 1.165) is 5.56 Å². The normalized spacial score (nSPS) is 13.0. The van der Waals surface area contributed by atoms with E-state index in [9.17, 15) is 14.0 Å². The van der Waals surface area contributed by atoms with Gasteiger partial charge in [0.15, 0.2) is 24.7 Å². The number of hydrogen-bond acceptors (Lipinski definition) is 6. The Bertz CT molecular complexity index is 823. The van der Waals surface area contributed by atoms with Crippen LogP contribution in [0, 0.1) is 5.82 Å². The molecule has 1 aliphatic rings. The van der Waals surface area contributed by atoms with Gasteiger partial charge in [-0.05, 0) is 48.9 Å². The molecule has 8 heteroatoms. The third kappa shape index (κ3) is 5.10. The molecular formula is C19H18FNO6. The van der Waals surface area contributed by atoms with Crippen LogP contribution in [0.15, 0.2) is 42.5 Å². The minimum atomic E-state index is -0.704. The molecule has 0 radical (unpaired) electrons. The molecule has 1 amide bonds. The van der Waals surface area contributed by atoms with Crippen LogP contribution >= 0.6 is 0 Å². The molecule has 1 heterocycles. The number of hydrogen-bond donors (Lipinski definition) is 1. The lowest BCUT2D eigenvalue weighted by Crippen LogP contribution is -2.31. The number of halogens is 1. The predicted molar refractivity (Wildman–Crippen MR) is 92.0 cm³/mol. The Hall–Kier alpha value is -3.29. The van der Waals surface area contributed by atoms with Crippen LogP contribution < -0.4 is 19.5 Å². The van der Waals surface area contributed by atoms with Gasteiger partial charge in [-0.25, -0.2) is 9.18 Å². The van der Waals surface area contributed by atoms with Gasteiger partial charge in [0, 0.05) is 0 Å². The molecule has 3 rings (SSSR count). The Morgan fingerprint density at radius 3 is 2.63 bits per heavy atom. The maximum Gasteiger partial charge on any atom is 0.344 e. The van der Waals surface area contributed by atoms with Crippen molar-refractivity contribution in [2.45, 2.75) is 13.0 Å². The average molecular weight is 375 g/mol. The van der Waals surface area contributed by atoms with E-state index in [1.54, 1.807) is 19.1 Å². The highest BCUT2D eigenvalue weighted by Crippen LogP contribution is 2.34. The fourth-order valence-electron chi connectivity index (χ4n) is 2.41. The number of benzene rings is 2. The zero-order chi connectivity index (χ0) is 19.2. The highest BCUT2D eigenvalue weighted by atomic mass is 19.1. The maximum atomic E-state index is 12.8. The fraction of sp³-hybridized carbons (Fsp3) is 0.263. The van der Waals surface area contributed by atoms with Gasteiger partial charge in [0.1, 0.15) is 11.6 Å². The maximum absolute atomic E-state index is 12.8. The van der Waals surface area contributed by atoms with Gasteiger partial charge in [0.2, 0.25) is 6.79 Å². The summed E-state index contributed by atoms with van der Waals surface area (Å²) in [6, 6.07) is 10.3. The number of nitrogens with one attached hydrogen (secondary N) is 1. The molecular weight excluding hydrogens is 357 g/mol. The molecule has 0 spiro atoms. The molecule has 142 valence electrons. The van der Waals surface area contributed by atoms with Gasteiger partial charge in [-0.15, -0.1) is 0 Å². The second kappa shape index (κ2) is 8.39.